The molecule has 0 aliphatic heterocycles. The van der Waals surface area contributed by atoms with E-state index in [1.54, 1.807) is 24.3 Å². The number of carbonyl (C=O) groups excluding carboxylic acids is 1. The SMILES string of the molecule is N=C(N)c1ccc2cc(Oc3ccccc3C=O)ccc2c1. The van der Waals surface area contributed by atoms with Crippen LogP contribution >= 0.6 is 0 Å². The monoisotopic (exact) mass is 290 g/mol. The standard InChI is InChI=1S/C18H14N2O2/c19-18(20)14-6-5-13-10-16(8-7-12(13)9-14)22-17-4-2-1-3-15(17)11-21/h1-11H,(H3,19,20). The lowest BCUT2D eigenvalue weighted by molar-refractivity contribution is 0.112. The first-order valence-electron chi connectivity index (χ1n) is 6.77. The molecule has 0 saturated heterocycles. The number of carbonyl (C=O) groups is 1. The second kappa shape index (κ2) is 5.69. The van der Waals surface area contributed by atoms with Gasteiger partial charge in [-0.05, 0) is 41.1 Å². The molecule has 4 heteroatoms. The Hall–Kier alpha value is -3.14. The molecule has 3 N–H and O–H groups in total. The number of para-hydroxylation sites is 1. The van der Waals surface area contributed by atoms with Gasteiger partial charge in [0, 0.05) is 5.56 Å². The van der Waals surface area contributed by atoms with E-state index in [-0.39, 0.29) is 5.84 Å². The fourth-order valence-electron chi connectivity index (χ4n) is 2.25. The Labute approximate surface area is 127 Å². The molecule has 0 aromatic heterocycles. The van der Waals surface area contributed by atoms with Gasteiger partial charge < -0.3 is 10.5 Å². The number of nitrogen functional groups attached to an aromatic ring is 1. The molecule has 0 aliphatic rings. The smallest absolute Gasteiger partial charge is 0.153 e. The third kappa shape index (κ3) is 2.67. The average molecular weight is 290 g/mol. The predicted octanol–water partition coefficient (Wildman–Crippen LogP) is 3.73. The lowest BCUT2D eigenvalue weighted by atomic mass is 10.1. The van der Waals surface area contributed by atoms with Crippen molar-refractivity contribution < 1.29 is 9.53 Å². The van der Waals surface area contributed by atoms with Gasteiger partial charge in [-0.3, -0.25) is 10.2 Å². The van der Waals surface area contributed by atoms with Crippen molar-refractivity contribution in [3.05, 3.63) is 71.8 Å². The Morgan fingerprint density at radius 2 is 1.73 bits per heavy atom. The number of nitrogens with two attached hydrogens (primary N) is 1. The maximum Gasteiger partial charge on any atom is 0.153 e. The van der Waals surface area contributed by atoms with Crippen LogP contribution in [0.5, 0.6) is 11.5 Å². The highest BCUT2D eigenvalue weighted by Gasteiger charge is 2.05. The van der Waals surface area contributed by atoms with Crippen LogP contribution in [0, 0.1) is 5.41 Å². The Kier molecular flexibility index (Phi) is 3.58. The minimum absolute atomic E-state index is 0.0436. The second-order valence-corrected chi connectivity index (χ2v) is 4.90. The molecule has 3 aromatic rings. The molecule has 0 aliphatic carbocycles. The number of fused-ring (bicyclic) bond motifs is 1. The lowest BCUT2D eigenvalue weighted by Gasteiger charge is -2.09. The Morgan fingerprint density at radius 1 is 1.00 bits per heavy atom. The Morgan fingerprint density at radius 3 is 2.50 bits per heavy atom. The first kappa shape index (κ1) is 13.8. The highest BCUT2D eigenvalue weighted by atomic mass is 16.5. The van der Waals surface area contributed by atoms with Crippen LogP contribution in [0.3, 0.4) is 0 Å². The minimum atomic E-state index is 0.0436. The topological polar surface area (TPSA) is 76.2 Å². The van der Waals surface area contributed by atoms with Crippen LogP contribution in [0.25, 0.3) is 10.8 Å². The molecular formula is C18H14N2O2. The highest BCUT2D eigenvalue weighted by Crippen LogP contribution is 2.27. The van der Waals surface area contributed by atoms with Crippen molar-refractivity contribution >= 4 is 22.9 Å². The maximum atomic E-state index is 11.0. The van der Waals surface area contributed by atoms with E-state index in [4.69, 9.17) is 15.9 Å². The summed E-state index contributed by atoms with van der Waals surface area (Å²) in [6, 6.07) is 18.3. The Balaban J connectivity index is 1.97. The van der Waals surface area contributed by atoms with Crippen molar-refractivity contribution in [2.24, 2.45) is 5.73 Å². The highest BCUT2D eigenvalue weighted by molar-refractivity contribution is 5.99. The number of aldehydes is 1. The molecule has 0 radical (unpaired) electrons. The lowest BCUT2D eigenvalue weighted by Crippen LogP contribution is -2.10. The van der Waals surface area contributed by atoms with E-state index in [1.165, 1.54) is 0 Å². The van der Waals surface area contributed by atoms with E-state index < -0.39 is 0 Å². The zero-order valence-electron chi connectivity index (χ0n) is 11.7. The molecule has 0 amide bonds. The quantitative estimate of drug-likeness (QED) is 0.436. The van der Waals surface area contributed by atoms with E-state index in [9.17, 15) is 4.79 Å². The van der Waals surface area contributed by atoms with E-state index in [0.29, 0.717) is 22.6 Å². The predicted molar refractivity (Wildman–Crippen MR) is 86.9 cm³/mol. The summed E-state index contributed by atoms with van der Waals surface area (Å²) in [5.41, 5.74) is 6.69. The molecule has 0 saturated carbocycles. The number of hydrogen-bond acceptors (Lipinski definition) is 3. The van der Waals surface area contributed by atoms with Crippen molar-refractivity contribution in [2.45, 2.75) is 0 Å². The van der Waals surface area contributed by atoms with E-state index in [0.717, 1.165) is 17.1 Å². The fraction of sp³-hybridized carbons (Fsp3) is 0. The summed E-state index contributed by atoms with van der Waals surface area (Å²) in [4.78, 5) is 11.0. The number of rotatable bonds is 4. The summed E-state index contributed by atoms with van der Waals surface area (Å²) < 4.78 is 5.79. The fourth-order valence-corrected chi connectivity index (χ4v) is 2.25. The normalized spacial score (nSPS) is 10.4. The van der Waals surface area contributed by atoms with Gasteiger partial charge in [0.2, 0.25) is 0 Å². The van der Waals surface area contributed by atoms with Crippen LogP contribution in [-0.2, 0) is 0 Å². The third-order valence-electron chi connectivity index (χ3n) is 3.40. The summed E-state index contributed by atoms with van der Waals surface area (Å²) in [5, 5.41) is 9.42. The van der Waals surface area contributed by atoms with Crippen LogP contribution in [0.15, 0.2) is 60.7 Å². The van der Waals surface area contributed by atoms with Crippen molar-refractivity contribution in [3.8, 4) is 11.5 Å². The largest absolute Gasteiger partial charge is 0.457 e. The van der Waals surface area contributed by atoms with Crippen LogP contribution in [0.4, 0.5) is 0 Å². The van der Waals surface area contributed by atoms with E-state index >= 15 is 0 Å². The summed E-state index contributed by atoms with van der Waals surface area (Å²) in [6.45, 7) is 0. The molecule has 108 valence electrons. The van der Waals surface area contributed by atoms with Gasteiger partial charge >= 0.3 is 0 Å². The zero-order valence-corrected chi connectivity index (χ0v) is 11.7. The third-order valence-corrected chi connectivity index (χ3v) is 3.40. The molecule has 4 nitrogen and oxygen atoms in total. The van der Waals surface area contributed by atoms with Crippen LogP contribution in [-0.4, -0.2) is 12.1 Å². The van der Waals surface area contributed by atoms with Crippen molar-refractivity contribution in [1.82, 2.24) is 0 Å². The van der Waals surface area contributed by atoms with Gasteiger partial charge in [-0.25, -0.2) is 0 Å². The molecule has 0 atom stereocenters. The van der Waals surface area contributed by atoms with Crippen molar-refractivity contribution in [2.75, 3.05) is 0 Å². The molecule has 0 unspecified atom stereocenters. The summed E-state index contributed by atoms with van der Waals surface area (Å²) in [7, 11) is 0. The van der Waals surface area contributed by atoms with Crippen LogP contribution in [0.2, 0.25) is 0 Å². The van der Waals surface area contributed by atoms with Gasteiger partial charge in [-0.15, -0.1) is 0 Å². The van der Waals surface area contributed by atoms with Crippen LogP contribution in [0.1, 0.15) is 15.9 Å². The first-order valence-corrected chi connectivity index (χ1v) is 6.77. The number of benzene rings is 3. The molecule has 0 spiro atoms. The number of amidine groups is 1. The molecule has 3 rings (SSSR count). The van der Waals surface area contributed by atoms with Crippen LogP contribution < -0.4 is 10.5 Å². The number of ether oxygens (including phenoxy) is 1. The van der Waals surface area contributed by atoms with Gasteiger partial charge in [0.15, 0.2) is 6.29 Å². The second-order valence-electron chi connectivity index (χ2n) is 4.90. The van der Waals surface area contributed by atoms with E-state index in [1.807, 2.05) is 36.4 Å². The Bertz CT molecular complexity index is 872. The van der Waals surface area contributed by atoms with Gasteiger partial charge in [0.1, 0.15) is 17.3 Å². The molecular weight excluding hydrogens is 276 g/mol. The molecule has 0 fully saturated rings. The molecule has 22 heavy (non-hydrogen) atoms. The first-order chi connectivity index (χ1) is 10.7. The maximum absolute atomic E-state index is 11.0. The van der Waals surface area contributed by atoms with Crippen molar-refractivity contribution in [3.63, 3.8) is 0 Å². The minimum Gasteiger partial charge on any atom is -0.457 e. The van der Waals surface area contributed by atoms with Crippen molar-refractivity contribution in [1.29, 1.82) is 5.41 Å². The molecule has 0 bridgehead atoms. The molecule has 3 aromatic carbocycles. The number of nitrogens with one attached hydrogen (secondary N) is 1. The summed E-state index contributed by atoms with van der Waals surface area (Å²) >= 11 is 0. The van der Waals surface area contributed by atoms with Gasteiger partial charge in [0.25, 0.3) is 0 Å². The van der Waals surface area contributed by atoms with E-state index in [2.05, 4.69) is 0 Å². The van der Waals surface area contributed by atoms with Gasteiger partial charge in [0.05, 0.1) is 5.56 Å². The van der Waals surface area contributed by atoms with Gasteiger partial charge in [-0.1, -0.05) is 30.3 Å². The van der Waals surface area contributed by atoms with Gasteiger partial charge in [-0.2, -0.15) is 0 Å². The average Bonchev–Trinajstić information content (AvgIpc) is 2.54. The number of hydrogen-bond donors (Lipinski definition) is 2. The molecule has 0 heterocycles. The summed E-state index contributed by atoms with van der Waals surface area (Å²) in [5.74, 6) is 1.22. The summed E-state index contributed by atoms with van der Waals surface area (Å²) in [6.07, 6.45) is 0.773. The zero-order chi connectivity index (χ0) is 15.5.